The Balaban J connectivity index is 1.31. The fourth-order valence-corrected chi connectivity index (χ4v) is 5.44. The van der Waals surface area contributed by atoms with Gasteiger partial charge in [0.05, 0.1) is 17.8 Å². The van der Waals surface area contributed by atoms with Gasteiger partial charge in [-0.15, -0.1) is 0 Å². The van der Waals surface area contributed by atoms with Crippen molar-refractivity contribution in [1.82, 2.24) is 15.1 Å². The first-order chi connectivity index (χ1) is 15.2. The Hall–Kier alpha value is -2.76. The highest BCUT2D eigenvalue weighted by atomic mass is 16.1. The molecule has 2 saturated carbocycles. The van der Waals surface area contributed by atoms with Gasteiger partial charge >= 0.3 is 0 Å². The SMILES string of the molecule is O=C(N[C@H]1CCC[C@@H](n2ncc3c2N=C(CC2CCCC2)CC3=O)C1)c1ccccc1. The lowest BCUT2D eigenvalue weighted by Crippen LogP contribution is -2.39. The maximum atomic E-state index is 12.7. The number of aromatic nitrogens is 2. The molecule has 0 spiro atoms. The zero-order chi connectivity index (χ0) is 21.2. The summed E-state index contributed by atoms with van der Waals surface area (Å²) in [5, 5.41) is 7.78. The van der Waals surface area contributed by atoms with Gasteiger partial charge in [-0.2, -0.15) is 5.10 Å². The van der Waals surface area contributed by atoms with Crippen molar-refractivity contribution in [2.45, 2.75) is 76.3 Å². The molecule has 2 atom stereocenters. The highest BCUT2D eigenvalue weighted by Gasteiger charge is 2.31. The molecule has 2 aliphatic carbocycles. The molecule has 6 heteroatoms. The van der Waals surface area contributed by atoms with Crippen molar-refractivity contribution < 1.29 is 9.59 Å². The van der Waals surface area contributed by atoms with E-state index in [0.717, 1.165) is 43.6 Å². The monoisotopic (exact) mass is 418 g/mol. The summed E-state index contributed by atoms with van der Waals surface area (Å²) in [6.45, 7) is 0. The van der Waals surface area contributed by atoms with Crippen molar-refractivity contribution in [3.8, 4) is 0 Å². The largest absolute Gasteiger partial charge is 0.349 e. The Morgan fingerprint density at radius 2 is 1.87 bits per heavy atom. The van der Waals surface area contributed by atoms with Gasteiger partial charge in [-0.25, -0.2) is 9.67 Å². The lowest BCUT2D eigenvalue weighted by Gasteiger charge is -2.31. The van der Waals surface area contributed by atoms with Gasteiger partial charge in [0.1, 0.15) is 0 Å². The minimum Gasteiger partial charge on any atom is -0.349 e. The molecule has 2 fully saturated rings. The first-order valence-electron chi connectivity index (χ1n) is 11.7. The molecule has 6 nitrogen and oxygen atoms in total. The van der Waals surface area contributed by atoms with E-state index < -0.39 is 0 Å². The average Bonchev–Trinajstić information content (AvgIpc) is 3.45. The molecule has 1 N–H and O–H groups in total. The molecule has 0 saturated heterocycles. The molecule has 2 heterocycles. The minimum atomic E-state index is -0.0270. The number of benzene rings is 1. The molecule has 162 valence electrons. The van der Waals surface area contributed by atoms with Crippen molar-refractivity contribution in [2.75, 3.05) is 0 Å². The molecule has 31 heavy (non-hydrogen) atoms. The molecule has 5 rings (SSSR count). The van der Waals surface area contributed by atoms with Gasteiger partial charge in [0.15, 0.2) is 11.6 Å². The van der Waals surface area contributed by atoms with Crippen LogP contribution < -0.4 is 5.32 Å². The standard InChI is InChI=1S/C25H30N4O2/c30-23-15-20(13-17-7-4-5-8-17)27-24-22(23)16-26-29(24)21-12-6-11-19(14-21)28-25(31)18-9-2-1-3-10-18/h1-3,9-10,16-17,19,21H,4-8,11-15H2,(H,28,31)/t19-,21+/m0/s1. The number of aliphatic imine (C=N–C) groups is 1. The second-order valence-electron chi connectivity index (χ2n) is 9.32. The van der Waals surface area contributed by atoms with Crippen LogP contribution in [0.2, 0.25) is 0 Å². The highest BCUT2D eigenvalue weighted by molar-refractivity contribution is 6.15. The molecular formula is C25H30N4O2. The lowest BCUT2D eigenvalue weighted by atomic mass is 9.90. The third kappa shape index (κ3) is 4.34. The summed E-state index contributed by atoms with van der Waals surface area (Å²) in [5.41, 5.74) is 2.37. The first kappa shape index (κ1) is 20.2. The van der Waals surface area contributed by atoms with Gasteiger partial charge in [-0.3, -0.25) is 9.59 Å². The van der Waals surface area contributed by atoms with Crippen LogP contribution >= 0.6 is 0 Å². The molecule has 2 aromatic rings. The van der Waals surface area contributed by atoms with E-state index in [-0.39, 0.29) is 23.8 Å². The Kier molecular flexibility index (Phi) is 5.70. The van der Waals surface area contributed by atoms with E-state index in [9.17, 15) is 9.59 Å². The maximum Gasteiger partial charge on any atom is 0.251 e. The average molecular weight is 419 g/mol. The molecule has 0 unspecified atom stereocenters. The zero-order valence-corrected chi connectivity index (χ0v) is 17.9. The third-order valence-electron chi connectivity index (χ3n) is 7.06. The number of Topliss-reactive ketones (excluding diaryl/α,β-unsaturated/α-hetero) is 1. The molecular weight excluding hydrogens is 388 g/mol. The molecule has 1 aromatic carbocycles. The highest BCUT2D eigenvalue weighted by Crippen LogP contribution is 2.37. The second kappa shape index (κ2) is 8.77. The predicted octanol–water partition coefficient (Wildman–Crippen LogP) is 5.04. The quantitative estimate of drug-likeness (QED) is 0.739. The maximum absolute atomic E-state index is 12.7. The summed E-state index contributed by atoms with van der Waals surface area (Å²) in [6.07, 6.45) is 12.0. The van der Waals surface area contributed by atoms with E-state index in [4.69, 9.17) is 4.99 Å². The Labute approximate surface area is 183 Å². The summed E-state index contributed by atoms with van der Waals surface area (Å²) < 4.78 is 1.96. The fraction of sp³-hybridized carbons (Fsp3) is 0.520. The van der Waals surface area contributed by atoms with Crippen LogP contribution in [0.5, 0.6) is 0 Å². The van der Waals surface area contributed by atoms with Crippen molar-refractivity contribution >= 4 is 23.2 Å². The Morgan fingerprint density at radius 1 is 1.06 bits per heavy atom. The van der Waals surface area contributed by atoms with E-state index in [1.54, 1.807) is 6.20 Å². The fourth-order valence-electron chi connectivity index (χ4n) is 5.44. The van der Waals surface area contributed by atoms with Crippen molar-refractivity contribution in [3.63, 3.8) is 0 Å². The van der Waals surface area contributed by atoms with Crippen LogP contribution in [0.15, 0.2) is 41.5 Å². The summed E-state index contributed by atoms with van der Waals surface area (Å²) in [4.78, 5) is 30.3. The smallest absolute Gasteiger partial charge is 0.251 e. The van der Waals surface area contributed by atoms with Crippen LogP contribution in [0.4, 0.5) is 5.82 Å². The van der Waals surface area contributed by atoms with E-state index in [1.807, 2.05) is 35.0 Å². The number of rotatable bonds is 5. The molecule has 1 amide bonds. The van der Waals surface area contributed by atoms with Gasteiger partial charge < -0.3 is 5.32 Å². The summed E-state index contributed by atoms with van der Waals surface area (Å²) >= 11 is 0. The molecule has 0 radical (unpaired) electrons. The van der Waals surface area contributed by atoms with Gasteiger partial charge in [0.2, 0.25) is 0 Å². The number of carbonyl (C=O) groups is 2. The second-order valence-corrected chi connectivity index (χ2v) is 9.32. The van der Waals surface area contributed by atoms with Crippen LogP contribution in [0.25, 0.3) is 0 Å². The van der Waals surface area contributed by atoms with Gasteiger partial charge in [0.25, 0.3) is 5.91 Å². The van der Waals surface area contributed by atoms with E-state index >= 15 is 0 Å². The van der Waals surface area contributed by atoms with Crippen LogP contribution in [0, 0.1) is 5.92 Å². The van der Waals surface area contributed by atoms with E-state index in [1.165, 1.54) is 25.7 Å². The normalized spacial score (nSPS) is 24.0. The van der Waals surface area contributed by atoms with Crippen LogP contribution in [-0.2, 0) is 0 Å². The Morgan fingerprint density at radius 3 is 2.68 bits per heavy atom. The number of ketones is 1. The van der Waals surface area contributed by atoms with Crippen molar-refractivity contribution in [3.05, 3.63) is 47.7 Å². The van der Waals surface area contributed by atoms with Crippen LogP contribution in [0.3, 0.4) is 0 Å². The molecule has 0 bridgehead atoms. The van der Waals surface area contributed by atoms with E-state index in [2.05, 4.69) is 10.4 Å². The van der Waals surface area contributed by atoms with Crippen molar-refractivity contribution in [2.24, 2.45) is 10.9 Å². The zero-order valence-electron chi connectivity index (χ0n) is 17.9. The first-order valence-corrected chi connectivity index (χ1v) is 11.7. The van der Waals surface area contributed by atoms with Gasteiger partial charge in [-0.05, 0) is 50.2 Å². The molecule has 1 aromatic heterocycles. The summed E-state index contributed by atoms with van der Waals surface area (Å²) in [5.74, 6) is 1.54. The summed E-state index contributed by atoms with van der Waals surface area (Å²) in [7, 11) is 0. The number of amides is 1. The van der Waals surface area contributed by atoms with Crippen LogP contribution in [-0.4, -0.2) is 33.2 Å². The van der Waals surface area contributed by atoms with Gasteiger partial charge in [-0.1, -0.05) is 43.9 Å². The number of carbonyl (C=O) groups excluding carboxylic acids is 2. The molecule has 3 aliphatic rings. The Bertz CT molecular complexity index is 988. The summed E-state index contributed by atoms with van der Waals surface area (Å²) in [6, 6.07) is 9.61. The number of nitrogens with one attached hydrogen (secondary N) is 1. The lowest BCUT2D eigenvalue weighted by molar-refractivity contribution is 0.0919. The van der Waals surface area contributed by atoms with Gasteiger partial charge in [0, 0.05) is 23.7 Å². The van der Waals surface area contributed by atoms with Crippen molar-refractivity contribution in [1.29, 1.82) is 0 Å². The number of hydrogen-bond donors (Lipinski definition) is 1. The number of fused-ring (bicyclic) bond motifs is 1. The topological polar surface area (TPSA) is 76.3 Å². The molecule has 1 aliphatic heterocycles. The number of nitrogens with zero attached hydrogens (tertiary/aromatic N) is 3. The predicted molar refractivity (Wildman–Crippen MR) is 120 cm³/mol. The minimum absolute atomic E-state index is 0.0270. The van der Waals surface area contributed by atoms with Crippen LogP contribution in [0.1, 0.15) is 91.0 Å². The van der Waals surface area contributed by atoms with E-state index in [0.29, 0.717) is 23.5 Å². The third-order valence-corrected chi connectivity index (χ3v) is 7.06. The number of hydrogen-bond acceptors (Lipinski definition) is 4.